The van der Waals surface area contributed by atoms with Crippen molar-refractivity contribution in [2.45, 2.75) is 32.0 Å². The maximum Gasteiger partial charge on any atom is 0.263 e. The van der Waals surface area contributed by atoms with Gasteiger partial charge >= 0.3 is 0 Å². The van der Waals surface area contributed by atoms with Crippen LogP contribution >= 0.6 is 0 Å². The first kappa shape index (κ1) is 13.8. The van der Waals surface area contributed by atoms with Gasteiger partial charge < -0.3 is 9.84 Å². The first-order chi connectivity index (χ1) is 10.1. The molecular weight excluding hydrogens is 270 g/mol. The Bertz CT molecular complexity index is 649. The van der Waals surface area contributed by atoms with Crippen LogP contribution in [-0.4, -0.2) is 35.7 Å². The molecule has 0 spiro atoms. The Kier molecular flexibility index (Phi) is 3.50. The minimum atomic E-state index is -0.535. The van der Waals surface area contributed by atoms with Crippen molar-refractivity contribution < 1.29 is 19.4 Å². The number of aliphatic hydroxyl groups is 1. The minimum absolute atomic E-state index is 0.274. The average molecular weight is 285 g/mol. The quantitative estimate of drug-likeness (QED) is 0.611. The molecular formula is C16H15NO4. The Morgan fingerprint density at radius 2 is 1.95 bits per heavy atom. The number of nitrogens with zero attached hydrogens (tertiary/aromatic N) is 1. The summed E-state index contributed by atoms with van der Waals surface area (Å²) in [5.41, 5.74) is 2.00. The number of hydrogen-bond donors (Lipinski definition) is 1. The van der Waals surface area contributed by atoms with Gasteiger partial charge in [0.25, 0.3) is 11.8 Å². The number of carbonyl (C=O) groups is 2. The number of amides is 2. The fourth-order valence-corrected chi connectivity index (χ4v) is 2.71. The van der Waals surface area contributed by atoms with Gasteiger partial charge in [-0.25, -0.2) is 4.90 Å². The van der Waals surface area contributed by atoms with E-state index in [-0.39, 0.29) is 18.4 Å². The molecule has 2 unspecified atom stereocenters. The first-order valence-corrected chi connectivity index (χ1v) is 6.85. The van der Waals surface area contributed by atoms with Crippen molar-refractivity contribution >= 4 is 17.5 Å². The van der Waals surface area contributed by atoms with Crippen molar-refractivity contribution in [1.82, 2.24) is 0 Å². The molecule has 2 amide bonds. The zero-order valence-electron chi connectivity index (χ0n) is 11.6. The van der Waals surface area contributed by atoms with Crippen LogP contribution in [0.3, 0.4) is 0 Å². The lowest BCUT2D eigenvalue weighted by molar-refractivity contribution is -0.146. The summed E-state index contributed by atoms with van der Waals surface area (Å²) in [7, 11) is 0. The van der Waals surface area contributed by atoms with E-state index in [9.17, 15) is 9.59 Å². The lowest BCUT2D eigenvalue weighted by Gasteiger charge is -2.30. The molecule has 5 nitrogen and oxygen atoms in total. The van der Waals surface area contributed by atoms with Crippen LogP contribution in [0.4, 0.5) is 5.69 Å². The molecule has 2 heterocycles. The van der Waals surface area contributed by atoms with Crippen molar-refractivity contribution in [3.05, 3.63) is 29.3 Å². The largest absolute Gasteiger partial charge is 0.384 e. The lowest BCUT2D eigenvalue weighted by atomic mass is 10.1. The molecule has 108 valence electrons. The number of morpholine rings is 1. The second kappa shape index (κ2) is 5.32. The second-order valence-electron chi connectivity index (χ2n) is 5.18. The van der Waals surface area contributed by atoms with Crippen molar-refractivity contribution in [2.75, 3.05) is 11.5 Å². The van der Waals surface area contributed by atoms with Crippen molar-refractivity contribution in [1.29, 1.82) is 0 Å². The van der Waals surface area contributed by atoms with E-state index in [2.05, 4.69) is 11.8 Å². The predicted molar refractivity (Wildman–Crippen MR) is 75.5 cm³/mol. The molecule has 5 heteroatoms. The summed E-state index contributed by atoms with van der Waals surface area (Å²) in [6, 6.07) is 5.35. The highest BCUT2D eigenvalue weighted by Gasteiger charge is 2.47. The Morgan fingerprint density at radius 3 is 2.57 bits per heavy atom. The van der Waals surface area contributed by atoms with Gasteiger partial charge in [-0.2, -0.15) is 0 Å². The number of aryl methyl sites for hydroxylation is 1. The third-order valence-corrected chi connectivity index (χ3v) is 3.71. The molecule has 3 rings (SSSR count). The van der Waals surface area contributed by atoms with Crippen LogP contribution in [0, 0.1) is 18.8 Å². The van der Waals surface area contributed by atoms with E-state index in [1.807, 2.05) is 13.0 Å². The lowest BCUT2D eigenvalue weighted by Crippen LogP contribution is -2.52. The zero-order chi connectivity index (χ0) is 15.0. The van der Waals surface area contributed by atoms with Gasteiger partial charge in [0, 0.05) is 5.56 Å². The molecule has 1 N–H and O–H groups in total. The van der Waals surface area contributed by atoms with Crippen LogP contribution in [0.5, 0.6) is 0 Å². The molecule has 21 heavy (non-hydrogen) atoms. The van der Waals surface area contributed by atoms with Crippen molar-refractivity contribution in [3.63, 3.8) is 0 Å². The third kappa shape index (κ3) is 2.33. The molecule has 2 bridgehead atoms. The Labute approximate surface area is 122 Å². The van der Waals surface area contributed by atoms with E-state index in [1.165, 1.54) is 4.90 Å². The van der Waals surface area contributed by atoms with Crippen LogP contribution in [-0.2, 0) is 14.3 Å². The van der Waals surface area contributed by atoms with E-state index < -0.39 is 12.2 Å². The van der Waals surface area contributed by atoms with Gasteiger partial charge in [0.15, 0.2) is 0 Å². The normalized spacial score (nSPS) is 24.0. The second-order valence-corrected chi connectivity index (χ2v) is 5.18. The number of carbonyl (C=O) groups excluding carboxylic acids is 2. The highest BCUT2D eigenvalue weighted by atomic mass is 16.5. The maximum atomic E-state index is 12.4. The average Bonchev–Trinajstić information content (AvgIpc) is 2.92. The number of ether oxygens (including phenoxy) is 1. The maximum absolute atomic E-state index is 12.4. The van der Waals surface area contributed by atoms with Gasteiger partial charge in [0.2, 0.25) is 0 Å². The van der Waals surface area contributed by atoms with E-state index in [0.717, 1.165) is 5.56 Å². The van der Waals surface area contributed by atoms with Gasteiger partial charge in [0.1, 0.15) is 18.8 Å². The minimum Gasteiger partial charge on any atom is -0.384 e. The number of hydrogen-bond acceptors (Lipinski definition) is 4. The molecule has 2 aliphatic heterocycles. The van der Waals surface area contributed by atoms with Crippen LogP contribution in [0.2, 0.25) is 0 Å². The van der Waals surface area contributed by atoms with E-state index in [1.54, 1.807) is 12.1 Å². The summed E-state index contributed by atoms with van der Waals surface area (Å²) >= 11 is 0. The molecule has 0 aliphatic carbocycles. The number of benzene rings is 1. The van der Waals surface area contributed by atoms with E-state index >= 15 is 0 Å². The summed E-state index contributed by atoms with van der Waals surface area (Å²) in [6.07, 6.45) is 0.0881. The molecule has 1 aromatic carbocycles. The summed E-state index contributed by atoms with van der Waals surface area (Å²) in [5.74, 6) is 4.71. The van der Waals surface area contributed by atoms with Gasteiger partial charge in [-0.05, 0) is 37.5 Å². The summed E-state index contributed by atoms with van der Waals surface area (Å²) in [6.45, 7) is 1.63. The summed E-state index contributed by atoms with van der Waals surface area (Å²) in [4.78, 5) is 26.0. The fourth-order valence-electron chi connectivity index (χ4n) is 2.71. The van der Waals surface area contributed by atoms with E-state index in [4.69, 9.17) is 9.84 Å². The molecule has 0 saturated carbocycles. The van der Waals surface area contributed by atoms with Gasteiger partial charge in [-0.3, -0.25) is 9.59 Å². The highest BCUT2D eigenvalue weighted by molar-refractivity contribution is 6.20. The fraction of sp³-hybridized carbons (Fsp3) is 0.375. The molecule has 2 atom stereocenters. The molecule has 0 aromatic heterocycles. The molecule has 2 fully saturated rings. The van der Waals surface area contributed by atoms with E-state index in [0.29, 0.717) is 24.1 Å². The van der Waals surface area contributed by atoms with Gasteiger partial charge in [0.05, 0.1) is 5.69 Å². The van der Waals surface area contributed by atoms with Crippen LogP contribution < -0.4 is 4.90 Å². The Morgan fingerprint density at radius 1 is 1.29 bits per heavy atom. The Balaban J connectivity index is 2.07. The number of fused-ring (bicyclic) bond motifs is 2. The number of aliphatic hydroxyl groups excluding tert-OH is 1. The van der Waals surface area contributed by atoms with Crippen molar-refractivity contribution in [3.8, 4) is 11.8 Å². The van der Waals surface area contributed by atoms with Crippen molar-refractivity contribution in [2.24, 2.45) is 0 Å². The molecule has 1 aromatic rings. The molecule has 0 radical (unpaired) electrons. The summed E-state index contributed by atoms with van der Waals surface area (Å²) < 4.78 is 5.40. The van der Waals surface area contributed by atoms with Crippen LogP contribution in [0.1, 0.15) is 24.0 Å². The first-order valence-electron chi connectivity index (χ1n) is 6.85. The monoisotopic (exact) mass is 285 g/mol. The van der Waals surface area contributed by atoms with Gasteiger partial charge in [-0.15, -0.1) is 0 Å². The number of rotatable bonds is 1. The predicted octanol–water partition coefficient (Wildman–Crippen LogP) is 0.760. The Hall–Kier alpha value is -2.16. The molecule has 2 saturated heterocycles. The SMILES string of the molecule is Cc1ccc(N2C(=O)C3CCC(O3)C2=O)c(C#CCO)c1. The molecule has 2 aliphatic rings. The summed E-state index contributed by atoms with van der Waals surface area (Å²) in [5, 5.41) is 8.86. The smallest absolute Gasteiger partial charge is 0.263 e. The van der Waals surface area contributed by atoms with Crippen LogP contribution in [0.15, 0.2) is 18.2 Å². The number of imide groups is 1. The standard InChI is InChI=1S/C16H15NO4/c1-10-4-5-12(11(9-10)3-2-8-18)17-15(19)13-6-7-14(21-13)16(17)20/h4-5,9,13-14,18H,6-8H2,1H3. The number of anilines is 1. The van der Waals surface area contributed by atoms with Gasteiger partial charge in [-0.1, -0.05) is 17.9 Å². The topological polar surface area (TPSA) is 66.8 Å². The highest BCUT2D eigenvalue weighted by Crippen LogP contribution is 2.33. The third-order valence-electron chi connectivity index (χ3n) is 3.71. The van der Waals surface area contributed by atoms with Crippen LogP contribution in [0.25, 0.3) is 0 Å². The zero-order valence-corrected chi connectivity index (χ0v) is 11.6.